The van der Waals surface area contributed by atoms with Gasteiger partial charge in [-0.2, -0.15) is 5.26 Å². The molecule has 0 radical (unpaired) electrons. The Morgan fingerprint density at radius 3 is 2.58 bits per heavy atom. The van der Waals surface area contributed by atoms with Crippen molar-refractivity contribution in [3.63, 3.8) is 0 Å². The van der Waals surface area contributed by atoms with Crippen LogP contribution in [0.5, 0.6) is 0 Å². The van der Waals surface area contributed by atoms with Gasteiger partial charge in [-0.1, -0.05) is 13.8 Å². The fourth-order valence-corrected chi connectivity index (χ4v) is 2.24. The zero-order chi connectivity index (χ0) is 9.03. The zero-order valence-electron chi connectivity index (χ0n) is 8.06. The summed E-state index contributed by atoms with van der Waals surface area (Å²) in [4.78, 5) is 0. The van der Waals surface area contributed by atoms with Gasteiger partial charge in [0, 0.05) is 0 Å². The molecule has 1 unspecified atom stereocenters. The first kappa shape index (κ1) is 9.54. The fourth-order valence-electron chi connectivity index (χ4n) is 2.24. The van der Waals surface area contributed by atoms with Crippen molar-refractivity contribution in [1.29, 1.82) is 5.26 Å². The van der Waals surface area contributed by atoms with Crippen LogP contribution < -0.4 is 5.32 Å². The van der Waals surface area contributed by atoms with Crippen molar-refractivity contribution in [2.75, 3.05) is 6.54 Å². The maximum atomic E-state index is 8.98. The molecule has 12 heavy (non-hydrogen) atoms. The first-order valence-corrected chi connectivity index (χ1v) is 4.92. The Labute approximate surface area is 75.0 Å². The summed E-state index contributed by atoms with van der Waals surface area (Å²) >= 11 is 0. The molecule has 1 fully saturated rings. The lowest BCUT2D eigenvalue weighted by atomic mass is 9.70. The monoisotopic (exact) mass is 166 g/mol. The molecule has 0 aromatic heterocycles. The molecule has 2 nitrogen and oxygen atoms in total. The molecule has 0 bridgehead atoms. The SMILES string of the molecule is CCC1(CC)CCCNC1C#N. The normalized spacial score (nSPS) is 27.9. The summed E-state index contributed by atoms with van der Waals surface area (Å²) < 4.78 is 0. The minimum atomic E-state index is 0.0845. The average Bonchev–Trinajstić information content (AvgIpc) is 2.17. The number of hydrogen-bond acceptors (Lipinski definition) is 2. The molecule has 68 valence electrons. The highest BCUT2D eigenvalue weighted by molar-refractivity contribution is 5.04. The summed E-state index contributed by atoms with van der Waals surface area (Å²) in [6, 6.07) is 2.47. The van der Waals surface area contributed by atoms with Crippen LogP contribution in [0.25, 0.3) is 0 Å². The van der Waals surface area contributed by atoms with Crippen molar-refractivity contribution < 1.29 is 0 Å². The van der Waals surface area contributed by atoms with E-state index in [9.17, 15) is 0 Å². The van der Waals surface area contributed by atoms with Crippen LogP contribution in [0.15, 0.2) is 0 Å². The Bertz CT molecular complexity index is 177. The predicted molar refractivity (Wildman–Crippen MR) is 49.7 cm³/mol. The van der Waals surface area contributed by atoms with Crippen LogP contribution in [0.3, 0.4) is 0 Å². The van der Waals surface area contributed by atoms with Gasteiger partial charge < -0.3 is 5.32 Å². The van der Waals surface area contributed by atoms with E-state index in [1.807, 2.05) is 0 Å². The molecule has 0 aromatic carbocycles. The van der Waals surface area contributed by atoms with Gasteiger partial charge in [0.25, 0.3) is 0 Å². The highest BCUT2D eigenvalue weighted by atomic mass is 14.9. The number of rotatable bonds is 2. The number of nitriles is 1. The average molecular weight is 166 g/mol. The van der Waals surface area contributed by atoms with Gasteiger partial charge in [-0.3, -0.25) is 0 Å². The van der Waals surface area contributed by atoms with Gasteiger partial charge in [-0.25, -0.2) is 0 Å². The van der Waals surface area contributed by atoms with Gasteiger partial charge in [0.15, 0.2) is 0 Å². The first-order valence-electron chi connectivity index (χ1n) is 4.92. The lowest BCUT2D eigenvalue weighted by molar-refractivity contribution is 0.153. The Kier molecular flexibility index (Phi) is 3.11. The lowest BCUT2D eigenvalue weighted by Gasteiger charge is -2.40. The molecule has 0 amide bonds. The Balaban J connectivity index is 2.74. The molecular formula is C10H18N2. The van der Waals surface area contributed by atoms with E-state index >= 15 is 0 Å². The van der Waals surface area contributed by atoms with Gasteiger partial charge in [-0.15, -0.1) is 0 Å². The number of piperidine rings is 1. The molecule has 1 aliphatic heterocycles. The second kappa shape index (κ2) is 3.91. The molecule has 1 N–H and O–H groups in total. The summed E-state index contributed by atoms with van der Waals surface area (Å²) in [5, 5.41) is 12.3. The van der Waals surface area contributed by atoms with Crippen molar-refractivity contribution in [3.8, 4) is 6.07 Å². The molecule has 1 saturated heterocycles. The maximum Gasteiger partial charge on any atom is 0.101 e. The van der Waals surface area contributed by atoms with Crippen LogP contribution in [0.4, 0.5) is 0 Å². The minimum Gasteiger partial charge on any atom is -0.301 e. The highest BCUT2D eigenvalue weighted by Gasteiger charge is 2.37. The second-order valence-electron chi connectivity index (χ2n) is 3.69. The van der Waals surface area contributed by atoms with Gasteiger partial charge in [-0.05, 0) is 37.6 Å². The van der Waals surface area contributed by atoms with Crippen LogP contribution in [0, 0.1) is 16.7 Å². The summed E-state index contributed by atoms with van der Waals surface area (Å²) in [7, 11) is 0. The topological polar surface area (TPSA) is 35.8 Å². The summed E-state index contributed by atoms with van der Waals surface area (Å²) in [6.07, 6.45) is 4.68. The van der Waals surface area contributed by atoms with Gasteiger partial charge in [0.1, 0.15) is 6.04 Å². The minimum absolute atomic E-state index is 0.0845. The predicted octanol–water partition coefficient (Wildman–Crippen LogP) is 2.07. The highest BCUT2D eigenvalue weighted by Crippen LogP contribution is 2.37. The smallest absolute Gasteiger partial charge is 0.101 e. The van der Waals surface area contributed by atoms with E-state index in [4.69, 9.17) is 5.26 Å². The molecule has 0 aliphatic carbocycles. The van der Waals surface area contributed by atoms with Crippen LogP contribution in [-0.4, -0.2) is 12.6 Å². The van der Waals surface area contributed by atoms with Crippen LogP contribution in [0.2, 0.25) is 0 Å². The molecule has 2 heteroatoms. The summed E-state index contributed by atoms with van der Waals surface area (Å²) in [5.74, 6) is 0. The molecule has 0 saturated carbocycles. The molecule has 0 spiro atoms. The first-order chi connectivity index (χ1) is 5.79. The third-order valence-electron chi connectivity index (χ3n) is 3.35. The van der Waals surface area contributed by atoms with E-state index in [-0.39, 0.29) is 11.5 Å². The Hall–Kier alpha value is -0.550. The van der Waals surface area contributed by atoms with E-state index < -0.39 is 0 Å². The standard InChI is InChI=1S/C10H18N2/c1-3-10(4-2)6-5-7-12-9(10)8-11/h9,12H,3-7H2,1-2H3. The summed E-state index contributed by atoms with van der Waals surface area (Å²) in [6.45, 7) is 5.40. The molecular weight excluding hydrogens is 148 g/mol. The van der Waals surface area contributed by atoms with E-state index in [0.29, 0.717) is 0 Å². The Morgan fingerprint density at radius 2 is 2.17 bits per heavy atom. The lowest BCUT2D eigenvalue weighted by Crippen LogP contribution is -2.48. The third kappa shape index (κ3) is 1.47. The zero-order valence-corrected chi connectivity index (χ0v) is 8.06. The van der Waals surface area contributed by atoms with Gasteiger partial charge in [0.05, 0.1) is 6.07 Å². The maximum absolute atomic E-state index is 8.98. The molecule has 1 aliphatic rings. The largest absolute Gasteiger partial charge is 0.301 e. The van der Waals surface area contributed by atoms with Crippen LogP contribution in [-0.2, 0) is 0 Å². The second-order valence-corrected chi connectivity index (χ2v) is 3.69. The van der Waals surface area contributed by atoms with E-state index in [0.717, 1.165) is 19.4 Å². The van der Waals surface area contributed by atoms with E-state index in [2.05, 4.69) is 25.2 Å². The van der Waals surface area contributed by atoms with Crippen molar-refractivity contribution in [2.45, 2.75) is 45.6 Å². The summed E-state index contributed by atoms with van der Waals surface area (Å²) in [5.41, 5.74) is 0.257. The van der Waals surface area contributed by atoms with Crippen LogP contribution in [0.1, 0.15) is 39.5 Å². The van der Waals surface area contributed by atoms with E-state index in [1.165, 1.54) is 12.8 Å². The number of nitrogens with one attached hydrogen (secondary N) is 1. The Morgan fingerprint density at radius 1 is 1.50 bits per heavy atom. The van der Waals surface area contributed by atoms with Crippen molar-refractivity contribution >= 4 is 0 Å². The number of hydrogen-bond donors (Lipinski definition) is 1. The quantitative estimate of drug-likeness (QED) is 0.681. The van der Waals surface area contributed by atoms with Crippen LogP contribution >= 0.6 is 0 Å². The molecule has 1 atom stereocenters. The van der Waals surface area contributed by atoms with Crippen molar-refractivity contribution in [1.82, 2.24) is 5.32 Å². The molecule has 1 rings (SSSR count). The molecule has 1 heterocycles. The molecule has 0 aromatic rings. The van der Waals surface area contributed by atoms with Gasteiger partial charge in [0.2, 0.25) is 0 Å². The van der Waals surface area contributed by atoms with Crippen molar-refractivity contribution in [2.24, 2.45) is 5.41 Å². The van der Waals surface area contributed by atoms with Gasteiger partial charge >= 0.3 is 0 Å². The number of nitrogens with zero attached hydrogens (tertiary/aromatic N) is 1. The third-order valence-corrected chi connectivity index (χ3v) is 3.35. The van der Waals surface area contributed by atoms with Crippen molar-refractivity contribution in [3.05, 3.63) is 0 Å². The van der Waals surface area contributed by atoms with E-state index in [1.54, 1.807) is 0 Å². The fraction of sp³-hybridized carbons (Fsp3) is 0.900.